The Labute approximate surface area is 111 Å². The third kappa shape index (κ3) is 7.67. The third-order valence-corrected chi connectivity index (χ3v) is 2.86. The van der Waals surface area contributed by atoms with Gasteiger partial charge in [-0.05, 0) is 27.2 Å². The van der Waals surface area contributed by atoms with Crippen molar-refractivity contribution < 1.29 is 14.6 Å². The monoisotopic (exact) mass is 259 g/mol. The lowest BCUT2D eigenvalue weighted by Gasteiger charge is -2.28. The molecule has 2 N–H and O–H groups in total. The molecule has 0 aromatic heterocycles. The van der Waals surface area contributed by atoms with E-state index in [0.29, 0.717) is 6.61 Å². The molecule has 0 bridgehead atoms. The molecule has 0 radical (unpaired) electrons. The molecule has 18 heavy (non-hydrogen) atoms. The zero-order valence-electron chi connectivity index (χ0n) is 12.3. The van der Waals surface area contributed by atoms with Gasteiger partial charge in [0.05, 0.1) is 6.61 Å². The van der Waals surface area contributed by atoms with E-state index in [4.69, 9.17) is 4.74 Å². The first-order valence-corrected chi connectivity index (χ1v) is 7.01. The lowest BCUT2D eigenvalue weighted by Crippen LogP contribution is -2.55. The van der Waals surface area contributed by atoms with E-state index in [1.807, 2.05) is 13.8 Å². The highest BCUT2D eigenvalue weighted by Crippen LogP contribution is 2.08. The van der Waals surface area contributed by atoms with Gasteiger partial charge in [0.25, 0.3) is 0 Å². The average molecular weight is 259 g/mol. The van der Waals surface area contributed by atoms with Crippen molar-refractivity contribution in [1.82, 2.24) is 5.32 Å². The number of aliphatic carboxylic acids is 1. The van der Waals surface area contributed by atoms with Crippen LogP contribution in [0.1, 0.15) is 59.8 Å². The van der Waals surface area contributed by atoms with Crippen molar-refractivity contribution in [2.45, 2.75) is 71.4 Å². The summed E-state index contributed by atoms with van der Waals surface area (Å²) in [5.41, 5.74) is -0.989. The van der Waals surface area contributed by atoms with Gasteiger partial charge in [-0.1, -0.05) is 32.6 Å². The molecule has 0 saturated carbocycles. The van der Waals surface area contributed by atoms with Gasteiger partial charge < -0.3 is 9.84 Å². The number of unbranched alkanes of at least 4 members (excludes halogenated alkanes) is 4. The van der Waals surface area contributed by atoms with Crippen LogP contribution >= 0.6 is 0 Å². The van der Waals surface area contributed by atoms with Crippen molar-refractivity contribution >= 4 is 5.97 Å². The van der Waals surface area contributed by atoms with E-state index in [1.54, 1.807) is 6.92 Å². The Morgan fingerprint density at radius 2 is 1.89 bits per heavy atom. The largest absolute Gasteiger partial charge is 0.480 e. The van der Waals surface area contributed by atoms with Crippen molar-refractivity contribution in [3.63, 3.8) is 0 Å². The normalized spacial score (nSPS) is 14.7. The fourth-order valence-corrected chi connectivity index (χ4v) is 1.89. The van der Waals surface area contributed by atoms with Crippen LogP contribution in [0.15, 0.2) is 0 Å². The van der Waals surface area contributed by atoms with Gasteiger partial charge in [0.2, 0.25) is 0 Å². The second-order valence-electron chi connectivity index (χ2n) is 5.40. The summed E-state index contributed by atoms with van der Waals surface area (Å²) in [6.45, 7) is 8.59. The molecule has 0 aliphatic rings. The van der Waals surface area contributed by atoms with Gasteiger partial charge in [0.15, 0.2) is 0 Å². The van der Waals surface area contributed by atoms with Crippen LogP contribution in [0.4, 0.5) is 0 Å². The van der Waals surface area contributed by atoms with Crippen LogP contribution in [0, 0.1) is 0 Å². The quantitative estimate of drug-likeness (QED) is 0.560. The van der Waals surface area contributed by atoms with Gasteiger partial charge in [-0.25, -0.2) is 0 Å². The highest BCUT2D eigenvalue weighted by Gasteiger charge is 2.33. The summed E-state index contributed by atoms with van der Waals surface area (Å²) in [5.74, 6) is -0.859. The van der Waals surface area contributed by atoms with Crippen LogP contribution in [0.3, 0.4) is 0 Å². The number of carboxylic acids is 1. The molecule has 0 amide bonds. The minimum atomic E-state index is -0.989. The van der Waals surface area contributed by atoms with Crippen molar-refractivity contribution in [2.75, 3.05) is 13.2 Å². The van der Waals surface area contributed by atoms with E-state index in [-0.39, 0.29) is 12.6 Å². The van der Waals surface area contributed by atoms with Crippen LogP contribution in [0.5, 0.6) is 0 Å². The third-order valence-electron chi connectivity index (χ3n) is 2.86. The Hall–Kier alpha value is -0.610. The fourth-order valence-electron chi connectivity index (χ4n) is 1.89. The molecule has 0 aromatic carbocycles. The zero-order chi connectivity index (χ0) is 14.0. The zero-order valence-corrected chi connectivity index (χ0v) is 12.3. The average Bonchev–Trinajstić information content (AvgIpc) is 2.26. The minimum absolute atomic E-state index is 0.124. The van der Waals surface area contributed by atoms with E-state index in [2.05, 4.69) is 12.2 Å². The predicted octanol–water partition coefficient (Wildman–Crippen LogP) is 2.81. The summed E-state index contributed by atoms with van der Waals surface area (Å²) >= 11 is 0. The summed E-state index contributed by atoms with van der Waals surface area (Å²) in [5, 5.41) is 12.3. The van der Waals surface area contributed by atoms with E-state index >= 15 is 0 Å². The van der Waals surface area contributed by atoms with E-state index in [0.717, 1.165) is 12.8 Å². The van der Waals surface area contributed by atoms with Crippen molar-refractivity contribution in [1.29, 1.82) is 0 Å². The number of carboxylic acid groups (broad SMARTS) is 1. The lowest BCUT2D eigenvalue weighted by atomic mass is 10.0. The van der Waals surface area contributed by atoms with E-state index in [9.17, 15) is 9.90 Å². The number of nitrogens with one attached hydrogen (secondary N) is 1. The van der Waals surface area contributed by atoms with Gasteiger partial charge in [-0.15, -0.1) is 0 Å². The molecule has 108 valence electrons. The second-order valence-corrected chi connectivity index (χ2v) is 5.40. The molecule has 0 aromatic rings. The maximum absolute atomic E-state index is 11.2. The summed E-state index contributed by atoms with van der Waals surface area (Å²) in [6.07, 6.45) is 5.91. The van der Waals surface area contributed by atoms with Crippen molar-refractivity contribution in [3.05, 3.63) is 0 Å². The van der Waals surface area contributed by atoms with Crippen LogP contribution < -0.4 is 5.32 Å². The summed E-state index contributed by atoms with van der Waals surface area (Å²) in [4.78, 5) is 11.2. The number of hydrogen-bond donors (Lipinski definition) is 2. The number of rotatable bonds is 11. The van der Waals surface area contributed by atoms with Crippen molar-refractivity contribution in [2.24, 2.45) is 0 Å². The Morgan fingerprint density at radius 3 is 2.39 bits per heavy atom. The summed E-state index contributed by atoms with van der Waals surface area (Å²) in [6, 6.07) is 0.124. The van der Waals surface area contributed by atoms with Crippen LogP contribution in [-0.2, 0) is 9.53 Å². The Balaban J connectivity index is 3.81. The minimum Gasteiger partial charge on any atom is -0.480 e. The van der Waals surface area contributed by atoms with Crippen molar-refractivity contribution in [3.8, 4) is 0 Å². The first-order chi connectivity index (χ1) is 8.42. The molecule has 4 nitrogen and oxygen atoms in total. The first kappa shape index (κ1) is 17.4. The molecule has 1 unspecified atom stereocenters. The molecule has 0 heterocycles. The molecule has 4 heteroatoms. The lowest BCUT2D eigenvalue weighted by molar-refractivity contribution is -0.147. The molecule has 0 saturated heterocycles. The number of carbonyl (C=O) groups is 1. The van der Waals surface area contributed by atoms with Crippen LogP contribution in [0.2, 0.25) is 0 Å². The molecule has 0 aliphatic heterocycles. The molecule has 0 fully saturated rings. The molecular weight excluding hydrogens is 230 g/mol. The highest BCUT2D eigenvalue weighted by atomic mass is 16.5. The fraction of sp³-hybridized carbons (Fsp3) is 0.929. The van der Waals surface area contributed by atoms with Gasteiger partial charge in [-0.2, -0.15) is 0 Å². The molecular formula is C14H29NO3. The predicted molar refractivity (Wildman–Crippen MR) is 73.9 cm³/mol. The standard InChI is InChI=1S/C14H29NO3/c1-5-6-7-8-9-10-18-11-14(4,13(16)17)15-12(2)3/h12,15H,5-11H2,1-4H3,(H,16,17). The van der Waals surface area contributed by atoms with Gasteiger partial charge in [0, 0.05) is 12.6 Å². The Bertz CT molecular complexity index is 231. The molecule has 0 aliphatic carbocycles. The van der Waals surface area contributed by atoms with Crippen LogP contribution in [-0.4, -0.2) is 35.9 Å². The van der Waals surface area contributed by atoms with E-state index < -0.39 is 11.5 Å². The summed E-state index contributed by atoms with van der Waals surface area (Å²) in [7, 11) is 0. The molecule has 0 spiro atoms. The smallest absolute Gasteiger partial charge is 0.326 e. The topological polar surface area (TPSA) is 58.6 Å². The summed E-state index contributed by atoms with van der Waals surface area (Å²) < 4.78 is 5.50. The highest BCUT2D eigenvalue weighted by molar-refractivity contribution is 5.78. The Kier molecular flexibility index (Phi) is 9.02. The van der Waals surface area contributed by atoms with Gasteiger partial charge in [-0.3, -0.25) is 10.1 Å². The van der Waals surface area contributed by atoms with E-state index in [1.165, 1.54) is 19.3 Å². The van der Waals surface area contributed by atoms with Gasteiger partial charge >= 0.3 is 5.97 Å². The SMILES string of the molecule is CCCCCCCOCC(C)(NC(C)C)C(=O)O. The van der Waals surface area contributed by atoms with Gasteiger partial charge in [0.1, 0.15) is 5.54 Å². The molecule has 0 rings (SSSR count). The Morgan fingerprint density at radius 1 is 1.28 bits per heavy atom. The maximum Gasteiger partial charge on any atom is 0.326 e. The number of ether oxygens (including phenoxy) is 1. The first-order valence-electron chi connectivity index (χ1n) is 7.01. The molecule has 1 atom stereocenters. The second kappa shape index (κ2) is 9.34. The number of hydrogen-bond acceptors (Lipinski definition) is 3. The maximum atomic E-state index is 11.2. The van der Waals surface area contributed by atoms with Crippen LogP contribution in [0.25, 0.3) is 0 Å².